The summed E-state index contributed by atoms with van der Waals surface area (Å²) < 4.78 is 0. The average Bonchev–Trinajstić information content (AvgIpc) is 3.07. The topological polar surface area (TPSA) is 56.3 Å². The van der Waals surface area contributed by atoms with Gasteiger partial charge in [0, 0.05) is 34.8 Å². The molecule has 4 heteroatoms. The van der Waals surface area contributed by atoms with E-state index in [1.807, 2.05) is 55.5 Å². The highest BCUT2D eigenvalue weighted by Crippen LogP contribution is 2.45. The highest BCUT2D eigenvalue weighted by molar-refractivity contribution is 6.11. The Balaban J connectivity index is 2.03. The van der Waals surface area contributed by atoms with Crippen molar-refractivity contribution in [2.75, 3.05) is 11.4 Å². The molecule has 2 heterocycles. The number of nitrogens with zero attached hydrogens (tertiary/aromatic N) is 1. The van der Waals surface area contributed by atoms with E-state index < -0.39 is 5.60 Å². The van der Waals surface area contributed by atoms with Gasteiger partial charge in [0.1, 0.15) is 0 Å². The van der Waals surface area contributed by atoms with Crippen LogP contribution in [0.2, 0.25) is 0 Å². The van der Waals surface area contributed by atoms with Gasteiger partial charge in [0.15, 0.2) is 5.60 Å². The van der Waals surface area contributed by atoms with E-state index in [2.05, 4.69) is 4.98 Å². The average molecular weight is 292 g/mol. The van der Waals surface area contributed by atoms with E-state index in [-0.39, 0.29) is 5.91 Å². The predicted octanol–water partition coefficient (Wildman–Crippen LogP) is 2.77. The zero-order valence-electron chi connectivity index (χ0n) is 12.2. The molecule has 22 heavy (non-hydrogen) atoms. The molecule has 110 valence electrons. The molecule has 1 aromatic heterocycles. The summed E-state index contributed by atoms with van der Waals surface area (Å²) in [5.74, 6) is -0.291. The van der Waals surface area contributed by atoms with E-state index in [1.54, 1.807) is 11.1 Å². The smallest absolute Gasteiger partial charge is 0.268 e. The maximum absolute atomic E-state index is 12.9. The highest BCUT2D eigenvalue weighted by atomic mass is 16.3. The number of anilines is 1. The van der Waals surface area contributed by atoms with E-state index in [9.17, 15) is 9.90 Å². The number of aliphatic hydroxyl groups is 1. The number of likely N-dealkylation sites (N-methyl/N-ethyl adjacent to an activating group) is 1. The molecular weight excluding hydrogens is 276 g/mol. The standard InChI is InChI=1S/C18H16N2O2/c1-2-20-16-10-6-4-8-13(16)18(22,17(20)21)14-11-19-15-9-5-3-7-12(14)15/h3-11,19,22H,2H2,1H3/t18-/m0/s1. The number of benzene rings is 2. The van der Waals surface area contributed by atoms with Crippen molar-refractivity contribution in [3.63, 3.8) is 0 Å². The van der Waals surface area contributed by atoms with Crippen molar-refractivity contribution in [3.8, 4) is 0 Å². The summed E-state index contributed by atoms with van der Waals surface area (Å²) in [6, 6.07) is 15.1. The molecule has 0 spiro atoms. The van der Waals surface area contributed by atoms with Gasteiger partial charge in [-0.05, 0) is 19.1 Å². The quantitative estimate of drug-likeness (QED) is 0.763. The molecule has 4 rings (SSSR count). The normalized spacial score (nSPS) is 20.6. The van der Waals surface area contributed by atoms with Crippen LogP contribution >= 0.6 is 0 Å². The van der Waals surface area contributed by atoms with Crippen molar-refractivity contribution >= 4 is 22.5 Å². The maximum atomic E-state index is 12.9. The minimum Gasteiger partial charge on any atom is -0.372 e. The Kier molecular flexibility index (Phi) is 2.65. The summed E-state index contributed by atoms with van der Waals surface area (Å²) in [6.45, 7) is 2.44. The Hall–Kier alpha value is -2.59. The van der Waals surface area contributed by atoms with Crippen LogP contribution in [0.15, 0.2) is 54.7 Å². The second-order valence-electron chi connectivity index (χ2n) is 5.52. The minimum atomic E-state index is -1.63. The lowest BCUT2D eigenvalue weighted by Gasteiger charge is -2.22. The Bertz CT molecular complexity index is 883. The molecule has 0 saturated carbocycles. The van der Waals surface area contributed by atoms with E-state index >= 15 is 0 Å². The molecule has 0 saturated heterocycles. The maximum Gasteiger partial charge on any atom is 0.268 e. The van der Waals surface area contributed by atoms with Crippen molar-refractivity contribution in [2.24, 2.45) is 0 Å². The third kappa shape index (κ3) is 1.47. The zero-order valence-corrected chi connectivity index (χ0v) is 12.2. The second kappa shape index (κ2) is 4.45. The molecule has 2 N–H and O–H groups in total. The second-order valence-corrected chi connectivity index (χ2v) is 5.52. The Morgan fingerprint density at radius 2 is 1.82 bits per heavy atom. The number of rotatable bonds is 2. The van der Waals surface area contributed by atoms with Gasteiger partial charge in [-0.15, -0.1) is 0 Å². The first-order valence-corrected chi connectivity index (χ1v) is 7.38. The monoisotopic (exact) mass is 292 g/mol. The van der Waals surface area contributed by atoms with Crippen molar-refractivity contribution in [1.82, 2.24) is 4.98 Å². The lowest BCUT2D eigenvalue weighted by molar-refractivity contribution is -0.132. The number of hydrogen-bond donors (Lipinski definition) is 2. The first-order chi connectivity index (χ1) is 10.7. The van der Waals surface area contributed by atoms with Crippen LogP contribution in [0.3, 0.4) is 0 Å². The van der Waals surface area contributed by atoms with Crippen LogP contribution in [0.1, 0.15) is 18.1 Å². The summed E-state index contributed by atoms with van der Waals surface area (Å²) in [5.41, 5.74) is 1.31. The number of carbonyl (C=O) groups excluding carboxylic acids is 1. The van der Waals surface area contributed by atoms with Crippen molar-refractivity contribution < 1.29 is 9.90 Å². The number of nitrogens with one attached hydrogen (secondary N) is 1. The molecule has 2 aromatic carbocycles. The summed E-state index contributed by atoms with van der Waals surface area (Å²) in [5, 5.41) is 12.2. The fourth-order valence-electron chi connectivity index (χ4n) is 3.38. The largest absolute Gasteiger partial charge is 0.372 e. The molecule has 0 fully saturated rings. The molecule has 4 nitrogen and oxygen atoms in total. The molecule has 0 unspecified atom stereocenters. The molecule has 1 aliphatic rings. The third-order valence-electron chi connectivity index (χ3n) is 4.43. The van der Waals surface area contributed by atoms with Crippen LogP contribution in [0.5, 0.6) is 0 Å². The lowest BCUT2D eigenvalue weighted by atomic mass is 9.87. The summed E-state index contributed by atoms with van der Waals surface area (Å²) in [7, 11) is 0. The van der Waals surface area contributed by atoms with E-state index in [0.29, 0.717) is 17.7 Å². The van der Waals surface area contributed by atoms with E-state index in [4.69, 9.17) is 0 Å². The highest BCUT2D eigenvalue weighted by Gasteiger charge is 2.51. The summed E-state index contributed by atoms with van der Waals surface area (Å²) >= 11 is 0. The van der Waals surface area contributed by atoms with Crippen LogP contribution in [0.4, 0.5) is 5.69 Å². The molecule has 0 aliphatic carbocycles. The van der Waals surface area contributed by atoms with Gasteiger partial charge in [-0.25, -0.2) is 0 Å². The fraction of sp³-hybridized carbons (Fsp3) is 0.167. The number of aromatic amines is 1. The van der Waals surface area contributed by atoms with Gasteiger partial charge in [-0.1, -0.05) is 36.4 Å². The van der Waals surface area contributed by atoms with Crippen LogP contribution < -0.4 is 4.90 Å². The van der Waals surface area contributed by atoms with Gasteiger partial charge in [-0.3, -0.25) is 4.79 Å². The van der Waals surface area contributed by atoms with E-state index in [1.165, 1.54) is 0 Å². The fourth-order valence-corrected chi connectivity index (χ4v) is 3.38. The molecule has 1 aliphatic heterocycles. The number of fused-ring (bicyclic) bond motifs is 2. The molecule has 1 atom stereocenters. The van der Waals surface area contributed by atoms with Gasteiger partial charge in [0.2, 0.25) is 0 Å². The van der Waals surface area contributed by atoms with Crippen molar-refractivity contribution in [1.29, 1.82) is 0 Å². The third-order valence-corrected chi connectivity index (χ3v) is 4.43. The van der Waals surface area contributed by atoms with Crippen molar-refractivity contribution in [2.45, 2.75) is 12.5 Å². The number of hydrogen-bond acceptors (Lipinski definition) is 2. The van der Waals surface area contributed by atoms with Gasteiger partial charge in [-0.2, -0.15) is 0 Å². The van der Waals surface area contributed by atoms with Gasteiger partial charge < -0.3 is 15.0 Å². The Labute approximate surface area is 128 Å². The van der Waals surface area contributed by atoms with Crippen molar-refractivity contribution in [3.05, 3.63) is 65.9 Å². The minimum absolute atomic E-state index is 0.291. The molecule has 0 radical (unpaired) electrons. The van der Waals surface area contributed by atoms with Crippen LogP contribution in [-0.2, 0) is 10.4 Å². The molecule has 0 bridgehead atoms. The number of carbonyl (C=O) groups is 1. The molecule has 3 aromatic rings. The Morgan fingerprint density at radius 1 is 1.09 bits per heavy atom. The van der Waals surface area contributed by atoms with Gasteiger partial charge >= 0.3 is 0 Å². The van der Waals surface area contributed by atoms with Gasteiger partial charge in [0.25, 0.3) is 5.91 Å². The van der Waals surface area contributed by atoms with Crippen LogP contribution in [0.25, 0.3) is 10.9 Å². The Morgan fingerprint density at radius 3 is 2.64 bits per heavy atom. The van der Waals surface area contributed by atoms with Gasteiger partial charge in [0.05, 0.1) is 5.69 Å². The SMILES string of the molecule is CCN1C(=O)[C@@](O)(c2c[nH]c3ccccc23)c2ccccc21. The number of para-hydroxylation sites is 2. The summed E-state index contributed by atoms with van der Waals surface area (Å²) in [6.07, 6.45) is 1.73. The van der Waals surface area contributed by atoms with E-state index in [0.717, 1.165) is 16.6 Å². The first kappa shape index (κ1) is 13.1. The number of aromatic nitrogens is 1. The molecule has 1 amide bonds. The number of H-pyrrole nitrogens is 1. The molecular formula is C18H16N2O2. The van der Waals surface area contributed by atoms with Crippen LogP contribution in [-0.4, -0.2) is 22.5 Å². The lowest BCUT2D eigenvalue weighted by Crippen LogP contribution is -2.41. The zero-order chi connectivity index (χ0) is 15.3. The predicted molar refractivity (Wildman–Crippen MR) is 85.8 cm³/mol. The van der Waals surface area contributed by atoms with Crippen LogP contribution in [0, 0.1) is 0 Å². The number of amides is 1. The summed E-state index contributed by atoms with van der Waals surface area (Å²) in [4.78, 5) is 17.7. The first-order valence-electron chi connectivity index (χ1n) is 7.38.